The van der Waals surface area contributed by atoms with Gasteiger partial charge in [0.05, 0.1) is 12.1 Å². The number of hydrogen-bond acceptors (Lipinski definition) is 4. The van der Waals surface area contributed by atoms with E-state index in [2.05, 4.69) is 20.6 Å². The van der Waals surface area contributed by atoms with E-state index in [4.69, 9.17) is 0 Å². The fraction of sp³-hybridized carbons (Fsp3) is 0.588. The van der Waals surface area contributed by atoms with Crippen molar-refractivity contribution in [1.82, 2.24) is 20.1 Å². The highest BCUT2D eigenvalue weighted by molar-refractivity contribution is 5.80. The second-order valence-corrected chi connectivity index (χ2v) is 6.05. The molecule has 0 aromatic carbocycles. The minimum Gasteiger partial charge on any atom is -0.368 e. The summed E-state index contributed by atoms with van der Waals surface area (Å²) in [5.41, 5.74) is -0.791. The van der Waals surface area contributed by atoms with Gasteiger partial charge in [0.2, 0.25) is 5.91 Å². The van der Waals surface area contributed by atoms with Crippen molar-refractivity contribution in [2.24, 2.45) is 4.99 Å². The fourth-order valence-electron chi connectivity index (χ4n) is 2.77. The highest BCUT2D eigenvalue weighted by Gasteiger charge is 2.33. The summed E-state index contributed by atoms with van der Waals surface area (Å²) in [6.07, 6.45) is -3.13. The Morgan fingerprint density at radius 1 is 1.26 bits per heavy atom. The number of anilines is 1. The highest BCUT2D eigenvalue weighted by Crippen LogP contribution is 2.33. The SMILES string of the molecule is CCNC(=NCCNc1ncccc1C(F)(F)F)N1CCN(C(C)=O)CC1. The monoisotopic (exact) mass is 386 g/mol. The van der Waals surface area contributed by atoms with Gasteiger partial charge in [0.15, 0.2) is 5.96 Å². The van der Waals surface area contributed by atoms with Crippen molar-refractivity contribution in [3.63, 3.8) is 0 Å². The van der Waals surface area contributed by atoms with E-state index in [-0.39, 0.29) is 18.3 Å². The van der Waals surface area contributed by atoms with Crippen LogP contribution in [0.5, 0.6) is 0 Å². The first-order valence-corrected chi connectivity index (χ1v) is 8.87. The normalized spacial score (nSPS) is 15.7. The van der Waals surface area contributed by atoms with Gasteiger partial charge in [-0.3, -0.25) is 9.79 Å². The van der Waals surface area contributed by atoms with Crippen LogP contribution in [0.2, 0.25) is 0 Å². The average Bonchev–Trinajstić information content (AvgIpc) is 2.64. The van der Waals surface area contributed by atoms with Gasteiger partial charge in [0, 0.05) is 52.4 Å². The van der Waals surface area contributed by atoms with Gasteiger partial charge in [-0.1, -0.05) is 0 Å². The molecule has 2 N–H and O–H groups in total. The molecule has 1 saturated heterocycles. The van der Waals surface area contributed by atoms with Gasteiger partial charge < -0.3 is 20.4 Å². The molecule has 1 fully saturated rings. The molecule has 1 aliphatic rings. The van der Waals surface area contributed by atoms with Gasteiger partial charge in [-0.05, 0) is 19.1 Å². The number of carbonyl (C=O) groups excluding carboxylic acids is 1. The lowest BCUT2D eigenvalue weighted by molar-refractivity contribution is -0.137. The average molecular weight is 386 g/mol. The van der Waals surface area contributed by atoms with Gasteiger partial charge in [0.1, 0.15) is 5.82 Å². The number of hydrogen-bond donors (Lipinski definition) is 2. The van der Waals surface area contributed by atoms with Gasteiger partial charge >= 0.3 is 6.18 Å². The standard InChI is InChI=1S/C17H25F3N6O/c1-3-21-16(26-11-9-25(10-12-26)13(2)27)24-8-7-23-15-14(17(18,19)20)5-4-6-22-15/h4-6H,3,7-12H2,1-2H3,(H,21,24)(H,22,23). The summed E-state index contributed by atoms with van der Waals surface area (Å²) in [4.78, 5) is 23.5. The number of nitrogens with one attached hydrogen (secondary N) is 2. The predicted molar refractivity (Wildman–Crippen MR) is 97.5 cm³/mol. The second-order valence-electron chi connectivity index (χ2n) is 6.05. The molecule has 0 spiro atoms. The maximum Gasteiger partial charge on any atom is 0.419 e. The number of amides is 1. The molecule has 1 aromatic rings. The molecule has 0 atom stereocenters. The summed E-state index contributed by atoms with van der Waals surface area (Å²) in [6, 6.07) is 2.26. The maximum atomic E-state index is 13.0. The van der Waals surface area contributed by atoms with Crippen LogP contribution in [0, 0.1) is 0 Å². The molecule has 2 rings (SSSR count). The number of aromatic nitrogens is 1. The van der Waals surface area contributed by atoms with Gasteiger partial charge in [0.25, 0.3) is 0 Å². The summed E-state index contributed by atoms with van der Waals surface area (Å²) in [6.45, 7) is 7.27. The second kappa shape index (κ2) is 9.43. The Bertz CT molecular complexity index is 656. The highest BCUT2D eigenvalue weighted by atomic mass is 19.4. The third-order valence-corrected chi connectivity index (χ3v) is 4.14. The Labute approximate surface area is 156 Å². The van der Waals surface area contributed by atoms with Crippen LogP contribution in [0.15, 0.2) is 23.3 Å². The van der Waals surface area contributed by atoms with E-state index < -0.39 is 11.7 Å². The van der Waals surface area contributed by atoms with Crippen LogP contribution >= 0.6 is 0 Å². The lowest BCUT2D eigenvalue weighted by Crippen LogP contribution is -2.53. The van der Waals surface area contributed by atoms with Gasteiger partial charge in [-0.2, -0.15) is 13.2 Å². The topological polar surface area (TPSA) is 72.9 Å². The van der Waals surface area contributed by atoms with E-state index >= 15 is 0 Å². The first-order chi connectivity index (χ1) is 12.8. The quantitative estimate of drug-likeness (QED) is 0.457. The number of piperazine rings is 1. The first kappa shape index (κ1) is 20.8. The summed E-state index contributed by atoms with van der Waals surface area (Å²) in [5.74, 6) is 0.552. The molecule has 150 valence electrons. The van der Waals surface area contributed by atoms with Crippen LogP contribution < -0.4 is 10.6 Å². The number of nitrogens with zero attached hydrogens (tertiary/aromatic N) is 4. The van der Waals surface area contributed by atoms with E-state index in [1.54, 1.807) is 11.8 Å². The fourth-order valence-corrected chi connectivity index (χ4v) is 2.77. The molecule has 2 heterocycles. The lowest BCUT2D eigenvalue weighted by Gasteiger charge is -2.36. The van der Waals surface area contributed by atoms with Crippen LogP contribution in [-0.2, 0) is 11.0 Å². The summed E-state index contributed by atoms with van der Waals surface area (Å²) >= 11 is 0. The molecule has 10 heteroatoms. The molecule has 27 heavy (non-hydrogen) atoms. The Morgan fingerprint density at radius 3 is 2.52 bits per heavy atom. The molecule has 0 aliphatic carbocycles. The Kier molecular flexibility index (Phi) is 7.26. The maximum absolute atomic E-state index is 13.0. The van der Waals surface area contributed by atoms with Crippen molar-refractivity contribution in [2.75, 3.05) is 51.1 Å². The zero-order valence-electron chi connectivity index (χ0n) is 15.5. The number of pyridine rings is 1. The van der Waals surface area contributed by atoms with E-state index in [9.17, 15) is 18.0 Å². The minimum absolute atomic E-state index is 0.0524. The Morgan fingerprint density at radius 2 is 1.93 bits per heavy atom. The molecule has 1 amide bonds. The first-order valence-electron chi connectivity index (χ1n) is 8.87. The molecule has 7 nitrogen and oxygen atoms in total. The largest absolute Gasteiger partial charge is 0.419 e. The Balaban J connectivity index is 1.92. The number of rotatable bonds is 5. The molecular formula is C17H25F3N6O. The van der Waals surface area contributed by atoms with E-state index in [0.717, 1.165) is 6.07 Å². The van der Waals surface area contributed by atoms with E-state index in [0.29, 0.717) is 45.2 Å². The number of carbonyl (C=O) groups is 1. The zero-order valence-corrected chi connectivity index (χ0v) is 15.5. The number of guanidine groups is 1. The van der Waals surface area contributed by atoms with Crippen molar-refractivity contribution < 1.29 is 18.0 Å². The third kappa shape index (κ3) is 6.00. The van der Waals surface area contributed by atoms with Gasteiger partial charge in [-0.15, -0.1) is 0 Å². The predicted octanol–water partition coefficient (Wildman–Crippen LogP) is 1.64. The molecule has 0 saturated carbocycles. The van der Waals surface area contributed by atoms with Crippen LogP contribution in [0.4, 0.5) is 19.0 Å². The van der Waals surface area contributed by atoms with Crippen molar-refractivity contribution in [1.29, 1.82) is 0 Å². The van der Waals surface area contributed by atoms with Crippen LogP contribution in [0.3, 0.4) is 0 Å². The van der Waals surface area contributed by atoms with Crippen LogP contribution in [0.1, 0.15) is 19.4 Å². The van der Waals surface area contributed by atoms with Crippen LogP contribution in [-0.4, -0.2) is 72.5 Å². The number of aliphatic imine (C=N–C) groups is 1. The molecule has 1 aromatic heterocycles. The minimum atomic E-state index is -4.45. The summed E-state index contributed by atoms with van der Waals surface area (Å²) < 4.78 is 38.9. The zero-order chi connectivity index (χ0) is 19.9. The molecule has 1 aliphatic heterocycles. The summed E-state index contributed by atoms with van der Waals surface area (Å²) in [5, 5.41) is 5.88. The van der Waals surface area contributed by atoms with Crippen molar-refractivity contribution in [2.45, 2.75) is 20.0 Å². The van der Waals surface area contributed by atoms with Crippen molar-refractivity contribution in [3.05, 3.63) is 23.9 Å². The van der Waals surface area contributed by atoms with E-state index in [1.807, 2.05) is 11.8 Å². The smallest absolute Gasteiger partial charge is 0.368 e. The molecule has 0 radical (unpaired) electrons. The molecule has 0 bridgehead atoms. The van der Waals surface area contributed by atoms with Crippen LogP contribution in [0.25, 0.3) is 0 Å². The summed E-state index contributed by atoms with van der Waals surface area (Å²) in [7, 11) is 0. The van der Waals surface area contributed by atoms with Gasteiger partial charge in [-0.25, -0.2) is 4.98 Å². The third-order valence-electron chi connectivity index (χ3n) is 4.14. The Hall–Kier alpha value is -2.52. The molecule has 0 unspecified atom stereocenters. The number of alkyl halides is 3. The lowest BCUT2D eigenvalue weighted by atomic mass is 10.2. The van der Waals surface area contributed by atoms with E-state index in [1.165, 1.54) is 12.3 Å². The van der Waals surface area contributed by atoms with Crippen molar-refractivity contribution >= 4 is 17.7 Å². The number of halogens is 3. The van der Waals surface area contributed by atoms with Crippen molar-refractivity contribution in [3.8, 4) is 0 Å². The molecular weight excluding hydrogens is 361 g/mol.